The second-order valence-electron chi connectivity index (χ2n) is 9.70. The van der Waals surface area contributed by atoms with Crippen LogP contribution in [0.2, 0.25) is 0 Å². The summed E-state index contributed by atoms with van der Waals surface area (Å²) < 4.78 is 42.6. The molecule has 2 aromatic rings. The third-order valence-corrected chi connectivity index (χ3v) is 8.09. The average Bonchev–Trinajstić information content (AvgIpc) is 2.94. The maximum Gasteiger partial charge on any atom is 0.244 e. The molecule has 1 atom stereocenters. The van der Waals surface area contributed by atoms with Crippen LogP contribution < -0.4 is 23.8 Å². The molecule has 1 saturated carbocycles. The molecule has 3 rings (SSSR count). The van der Waals surface area contributed by atoms with Crippen LogP contribution in [0.1, 0.15) is 44.6 Å². The first-order chi connectivity index (χ1) is 18.6. The minimum absolute atomic E-state index is 0.0720. The highest BCUT2D eigenvalue weighted by molar-refractivity contribution is 7.92. The number of sulfonamides is 1. The summed E-state index contributed by atoms with van der Waals surface area (Å²) in [4.78, 5) is 28.5. The molecule has 11 heteroatoms. The lowest BCUT2D eigenvalue weighted by Gasteiger charge is -2.33. The zero-order chi connectivity index (χ0) is 28.6. The Kier molecular flexibility index (Phi) is 10.4. The lowest BCUT2D eigenvalue weighted by atomic mass is 9.95. The summed E-state index contributed by atoms with van der Waals surface area (Å²) in [5.41, 5.74) is 0.965. The second-order valence-corrected chi connectivity index (χ2v) is 11.6. The van der Waals surface area contributed by atoms with Gasteiger partial charge in [-0.15, -0.1) is 0 Å². The fourth-order valence-electron chi connectivity index (χ4n) is 4.66. The first kappa shape index (κ1) is 30.1. The van der Waals surface area contributed by atoms with E-state index in [9.17, 15) is 18.0 Å². The van der Waals surface area contributed by atoms with E-state index in [1.54, 1.807) is 38.3 Å². The van der Waals surface area contributed by atoms with Gasteiger partial charge in [0.05, 0.1) is 33.3 Å². The smallest absolute Gasteiger partial charge is 0.244 e. The summed E-state index contributed by atoms with van der Waals surface area (Å²) in [5.74, 6) is 0.577. The topological polar surface area (TPSA) is 114 Å². The number of ether oxygens (including phenoxy) is 3. The Balaban J connectivity index is 1.92. The molecule has 2 aromatic carbocycles. The van der Waals surface area contributed by atoms with Crippen molar-refractivity contribution in [2.75, 3.05) is 38.4 Å². The van der Waals surface area contributed by atoms with Crippen LogP contribution in [-0.2, 0) is 26.2 Å². The van der Waals surface area contributed by atoms with Crippen LogP contribution in [0.3, 0.4) is 0 Å². The Labute approximate surface area is 231 Å². The van der Waals surface area contributed by atoms with E-state index in [1.807, 2.05) is 12.1 Å². The van der Waals surface area contributed by atoms with Crippen molar-refractivity contribution >= 4 is 27.5 Å². The van der Waals surface area contributed by atoms with Gasteiger partial charge in [-0.05, 0) is 49.6 Å². The van der Waals surface area contributed by atoms with Crippen molar-refractivity contribution in [2.45, 2.75) is 57.7 Å². The molecule has 1 N–H and O–H groups in total. The standard InChI is InChI=1S/C28H39N3O7S/c1-20(28(33)29-22-9-7-6-8-10-22)30(18-21-11-13-23(36-2)14-12-21)27(32)19-31(39(5,34)35)25-16-15-24(37-3)17-26(25)38-4/h11-17,20,22H,6-10,18-19H2,1-5H3,(H,29,33)/t20-/m1/s1. The molecule has 1 aliphatic carbocycles. The number of hydrogen-bond donors (Lipinski definition) is 1. The molecule has 0 bridgehead atoms. The van der Waals surface area contributed by atoms with Gasteiger partial charge in [0.1, 0.15) is 29.8 Å². The van der Waals surface area contributed by atoms with Gasteiger partial charge >= 0.3 is 0 Å². The fraction of sp³-hybridized carbons (Fsp3) is 0.500. The molecule has 39 heavy (non-hydrogen) atoms. The molecule has 0 aliphatic heterocycles. The average molecular weight is 562 g/mol. The zero-order valence-corrected chi connectivity index (χ0v) is 24.1. The number of hydrogen-bond acceptors (Lipinski definition) is 7. The molecule has 0 aromatic heterocycles. The molecule has 0 spiro atoms. The van der Waals surface area contributed by atoms with E-state index in [-0.39, 0.29) is 29.9 Å². The number of nitrogens with one attached hydrogen (secondary N) is 1. The summed E-state index contributed by atoms with van der Waals surface area (Å²) in [6, 6.07) is 11.1. The van der Waals surface area contributed by atoms with Crippen molar-refractivity contribution in [1.82, 2.24) is 10.2 Å². The maximum atomic E-state index is 13.8. The van der Waals surface area contributed by atoms with Gasteiger partial charge < -0.3 is 24.4 Å². The highest BCUT2D eigenvalue weighted by Gasteiger charge is 2.32. The molecule has 214 valence electrons. The van der Waals surface area contributed by atoms with Gasteiger partial charge in [-0.2, -0.15) is 0 Å². The third kappa shape index (κ3) is 8.01. The summed E-state index contributed by atoms with van der Waals surface area (Å²) in [6.07, 6.45) is 6.10. The summed E-state index contributed by atoms with van der Waals surface area (Å²) in [7, 11) is 0.564. The molecule has 0 heterocycles. The number of methoxy groups -OCH3 is 3. The number of carbonyl (C=O) groups excluding carboxylic acids is 2. The lowest BCUT2D eigenvalue weighted by molar-refractivity contribution is -0.139. The van der Waals surface area contributed by atoms with Crippen molar-refractivity contribution in [2.24, 2.45) is 0 Å². The number of nitrogens with zero attached hydrogens (tertiary/aromatic N) is 2. The van der Waals surface area contributed by atoms with E-state index < -0.39 is 28.5 Å². The summed E-state index contributed by atoms with van der Waals surface area (Å²) in [6.45, 7) is 1.26. The van der Waals surface area contributed by atoms with Gasteiger partial charge in [0.15, 0.2) is 0 Å². The second kappa shape index (κ2) is 13.5. The Bertz CT molecular complexity index is 1230. The van der Waals surface area contributed by atoms with E-state index in [0.717, 1.165) is 48.2 Å². The van der Waals surface area contributed by atoms with Gasteiger partial charge in [0.2, 0.25) is 21.8 Å². The van der Waals surface area contributed by atoms with Crippen molar-refractivity contribution < 1.29 is 32.2 Å². The summed E-state index contributed by atoms with van der Waals surface area (Å²) in [5, 5.41) is 3.09. The SMILES string of the molecule is COc1ccc(CN(C(=O)CN(c2ccc(OC)cc2OC)S(C)(=O)=O)[C@H](C)C(=O)NC2CCCCC2)cc1. The zero-order valence-electron chi connectivity index (χ0n) is 23.3. The Morgan fingerprint density at radius 1 is 0.949 bits per heavy atom. The number of benzene rings is 2. The molecule has 10 nitrogen and oxygen atoms in total. The van der Waals surface area contributed by atoms with Gasteiger partial charge in [-0.3, -0.25) is 13.9 Å². The summed E-state index contributed by atoms with van der Waals surface area (Å²) >= 11 is 0. The van der Waals surface area contributed by atoms with Gasteiger partial charge in [-0.25, -0.2) is 8.42 Å². The van der Waals surface area contributed by atoms with E-state index in [0.29, 0.717) is 11.5 Å². The molecule has 0 saturated heterocycles. The Morgan fingerprint density at radius 3 is 2.13 bits per heavy atom. The first-order valence-electron chi connectivity index (χ1n) is 13.0. The quantitative estimate of drug-likeness (QED) is 0.423. The Morgan fingerprint density at radius 2 is 1.56 bits per heavy atom. The predicted octanol–water partition coefficient (Wildman–Crippen LogP) is 3.34. The van der Waals surface area contributed by atoms with Crippen LogP contribution in [0.4, 0.5) is 5.69 Å². The minimum atomic E-state index is -3.90. The van der Waals surface area contributed by atoms with Crippen LogP contribution in [0, 0.1) is 0 Å². The van der Waals surface area contributed by atoms with E-state index in [2.05, 4.69) is 5.32 Å². The van der Waals surface area contributed by atoms with Gasteiger partial charge in [0.25, 0.3) is 0 Å². The van der Waals surface area contributed by atoms with Crippen LogP contribution >= 0.6 is 0 Å². The molecule has 0 radical (unpaired) electrons. The number of amides is 2. The lowest BCUT2D eigenvalue weighted by Crippen LogP contribution is -2.53. The normalized spacial score (nSPS) is 14.7. The molecule has 2 amide bonds. The van der Waals surface area contributed by atoms with Crippen LogP contribution in [0.25, 0.3) is 0 Å². The number of anilines is 1. The molecule has 1 fully saturated rings. The number of rotatable bonds is 12. The van der Waals surface area contributed by atoms with E-state index in [4.69, 9.17) is 14.2 Å². The van der Waals surface area contributed by atoms with E-state index >= 15 is 0 Å². The third-order valence-electron chi connectivity index (χ3n) is 6.97. The largest absolute Gasteiger partial charge is 0.497 e. The minimum Gasteiger partial charge on any atom is -0.497 e. The maximum absolute atomic E-state index is 13.8. The first-order valence-corrected chi connectivity index (χ1v) is 14.8. The fourth-order valence-corrected chi connectivity index (χ4v) is 5.52. The monoisotopic (exact) mass is 561 g/mol. The van der Waals surface area contributed by atoms with Crippen molar-refractivity contribution in [1.29, 1.82) is 0 Å². The van der Waals surface area contributed by atoms with Gasteiger partial charge in [-0.1, -0.05) is 31.4 Å². The van der Waals surface area contributed by atoms with Gasteiger partial charge in [0, 0.05) is 18.7 Å². The van der Waals surface area contributed by atoms with Crippen molar-refractivity contribution in [3.05, 3.63) is 48.0 Å². The molecular formula is C28H39N3O7S. The van der Waals surface area contributed by atoms with E-state index in [1.165, 1.54) is 25.2 Å². The Hall–Kier alpha value is -3.47. The molecular weight excluding hydrogens is 522 g/mol. The highest BCUT2D eigenvalue weighted by Crippen LogP contribution is 2.33. The number of carbonyl (C=O) groups is 2. The highest BCUT2D eigenvalue weighted by atomic mass is 32.2. The molecule has 0 unspecified atom stereocenters. The van der Waals surface area contributed by atoms with Crippen LogP contribution in [-0.4, -0.2) is 71.3 Å². The van der Waals surface area contributed by atoms with Crippen LogP contribution in [0.5, 0.6) is 17.2 Å². The van der Waals surface area contributed by atoms with Crippen molar-refractivity contribution in [3.63, 3.8) is 0 Å². The van der Waals surface area contributed by atoms with Crippen molar-refractivity contribution in [3.8, 4) is 17.2 Å². The van der Waals surface area contributed by atoms with Crippen LogP contribution in [0.15, 0.2) is 42.5 Å². The predicted molar refractivity (Wildman–Crippen MR) is 150 cm³/mol. The molecule has 1 aliphatic rings.